The molecule has 0 spiro atoms. The lowest BCUT2D eigenvalue weighted by atomic mass is 10.1. The van der Waals surface area contributed by atoms with Gasteiger partial charge in [0.15, 0.2) is 5.76 Å². The monoisotopic (exact) mass is 386 g/mol. The van der Waals surface area contributed by atoms with Crippen molar-refractivity contribution in [2.75, 3.05) is 26.3 Å². The van der Waals surface area contributed by atoms with Crippen molar-refractivity contribution in [2.45, 2.75) is 13.0 Å². The number of aromatic nitrogens is 3. The van der Waals surface area contributed by atoms with Crippen LogP contribution in [-0.4, -0.2) is 50.9 Å². The summed E-state index contributed by atoms with van der Waals surface area (Å²) in [7, 11) is 0. The van der Waals surface area contributed by atoms with Gasteiger partial charge in [0.1, 0.15) is 17.6 Å². The average molecular weight is 386 g/mol. The predicted octanol–water partition coefficient (Wildman–Crippen LogP) is 3.08. The van der Waals surface area contributed by atoms with Crippen LogP contribution in [0.15, 0.2) is 39.4 Å². The molecular weight excluding hydrogens is 368 g/mol. The third-order valence-electron chi connectivity index (χ3n) is 4.63. The molecule has 8 nitrogen and oxygen atoms in total. The Morgan fingerprint density at radius 1 is 1.22 bits per heavy atom. The molecule has 1 aliphatic rings. The quantitative estimate of drug-likeness (QED) is 0.576. The molecule has 1 aliphatic heterocycles. The summed E-state index contributed by atoms with van der Waals surface area (Å²) in [5.41, 5.74) is 0. The summed E-state index contributed by atoms with van der Waals surface area (Å²) < 4.78 is 18.2. The lowest BCUT2D eigenvalue weighted by Crippen LogP contribution is -2.39. The van der Waals surface area contributed by atoms with Crippen molar-refractivity contribution in [2.24, 2.45) is 0 Å². The van der Waals surface area contributed by atoms with Crippen LogP contribution in [0.1, 0.15) is 22.4 Å². The third-order valence-corrected chi connectivity index (χ3v) is 5.70. The minimum absolute atomic E-state index is 0.0749. The lowest BCUT2D eigenvalue weighted by molar-refractivity contribution is 0.0202. The Morgan fingerprint density at radius 3 is 2.74 bits per heavy atom. The van der Waals surface area contributed by atoms with Gasteiger partial charge in [0.2, 0.25) is 16.7 Å². The summed E-state index contributed by atoms with van der Waals surface area (Å²) in [6.45, 7) is 4.74. The maximum atomic E-state index is 10.9. The van der Waals surface area contributed by atoms with Crippen molar-refractivity contribution >= 4 is 16.3 Å². The van der Waals surface area contributed by atoms with Gasteiger partial charge in [0.25, 0.3) is 0 Å². The highest BCUT2D eigenvalue weighted by atomic mass is 32.1. The number of rotatable bonds is 4. The number of fused-ring (bicyclic) bond motifs is 1. The Hall–Kier alpha value is -2.62. The fraction of sp³-hybridized carbons (Fsp3) is 0.333. The molecule has 1 unspecified atom stereocenters. The van der Waals surface area contributed by atoms with E-state index in [1.807, 2.05) is 19.1 Å². The van der Waals surface area contributed by atoms with Crippen LogP contribution in [0.5, 0.6) is 5.88 Å². The van der Waals surface area contributed by atoms with Gasteiger partial charge in [-0.25, -0.2) is 0 Å². The molecule has 1 N–H and O–H groups in total. The topological polar surface area (TPSA) is 89.2 Å². The van der Waals surface area contributed by atoms with Gasteiger partial charge in [-0.1, -0.05) is 11.3 Å². The Bertz CT molecular complexity index is 1060. The second kappa shape index (κ2) is 6.52. The van der Waals surface area contributed by atoms with Crippen molar-refractivity contribution in [1.29, 1.82) is 0 Å². The first-order valence-electron chi connectivity index (χ1n) is 8.71. The number of hydrogen-bond donors (Lipinski definition) is 1. The molecule has 4 aromatic heterocycles. The highest BCUT2D eigenvalue weighted by molar-refractivity contribution is 7.17. The Morgan fingerprint density at radius 2 is 2.07 bits per heavy atom. The molecule has 5 heterocycles. The number of nitrogens with zero attached hydrogens (tertiary/aromatic N) is 4. The Kier molecular flexibility index (Phi) is 4.00. The second-order valence-corrected chi connectivity index (χ2v) is 7.41. The zero-order valence-electron chi connectivity index (χ0n) is 14.7. The van der Waals surface area contributed by atoms with Crippen molar-refractivity contribution in [1.82, 2.24) is 19.5 Å². The van der Waals surface area contributed by atoms with Crippen molar-refractivity contribution in [3.63, 3.8) is 0 Å². The first-order chi connectivity index (χ1) is 13.2. The molecule has 0 bridgehead atoms. The third kappa shape index (κ3) is 2.84. The minimum Gasteiger partial charge on any atom is -0.492 e. The molecule has 0 aromatic carbocycles. The van der Waals surface area contributed by atoms with E-state index in [1.54, 1.807) is 18.4 Å². The van der Waals surface area contributed by atoms with E-state index >= 15 is 0 Å². The van der Waals surface area contributed by atoms with Crippen molar-refractivity contribution in [3.8, 4) is 17.5 Å². The summed E-state index contributed by atoms with van der Waals surface area (Å²) in [5.74, 6) is 2.72. The fourth-order valence-corrected chi connectivity index (χ4v) is 4.45. The normalized spacial score (nSPS) is 16.9. The van der Waals surface area contributed by atoms with Crippen LogP contribution in [0.3, 0.4) is 0 Å². The molecule has 5 rings (SSSR count). The Labute approximate surface area is 158 Å². The molecule has 0 radical (unpaired) electrons. The van der Waals surface area contributed by atoms with Crippen LogP contribution in [0.4, 0.5) is 0 Å². The van der Waals surface area contributed by atoms with Gasteiger partial charge in [-0.05, 0) is 31.2 Å². The molecule has 140 valence electrons. The summed E-state index contributed by atoms with van der Waals surface area (Å²) in [6.07, 6.45) is 1.57. The van der Waals surface area contributed by atoms with Crippen LogP contribution in [0.2, 0.25) is 0 Å². The second-order valence-electron chi connectivity index (χ2n) is 6.40. The van der Waals surface area contributed by atoms with Gasteiger partial charge in [-0.3, -0.25) is 4.90 Å². The largest absolute Gasteiger partial charge is 0.492 e. The van der Waals surface area contributed by atoms with E-state index in [0.29, 0.717) is 29.8 Å². The maximum Gasteiger partial charge on any atom is 0.230 e. The van der Waals surface area contributed by atoms with Crippen LogP contribution in [0, 0.1) is 6.92 Å². The molecule has 0 aliphatic carbocycles. The zero-order valence-corrected chi connectivity index (χ0v) is 15.5. The van der Waals surface area contributed by atoms with E-state index < -0.39 is 0 Å². The van der Waals surface area contributed by atoms with Crippen molar-refractivity contribution < 1.29 is 18.7 Å². The highest BCUT2D eigenvalue weighted by Gasteiger charge is 2.32. The molecule has 1 fully saturated rings. The van der Waals surface area contributed by atoms with E-state index in [2.05, 4.69) is 15.0 Å². The smallest absolute Gasteiger partial charge is 0.230 e. The number of furan rings is 2. The van der Waals surface area contributed by atoms with E-state index in [0.717, 1.165) is 29.5 Å². The average Bonchev–Trinajstić information content (AvgIpc) is 3.44. The SMILES string of the molecule is Cc1ccc(C(c2sc3nc(-c4ccco4)nn3c2O)N2CCOCC2)o1. The molecule has 1 atom stereocenters. The van der Waals surface area contributed by atoms with Crippen LogP contribution in [-0.2, 0) is 4.74 Å². The Balaban J connectivity index is 1.59. The summed E-state index contributed by atoms with van der Waals surface area (Å²) in [5, 5.41) is 15.3. The van der Waals surface area contributed by atoms with Gasteiger partial charge in [-0.2, -0.15) is 9.50 Å². The maximum absolute atomic E-state index is 10.9. The van der Waals surface area contributed by atoms with Crippen molar-refractivity contribution in [3.05, 3.63) is 46.9 Å². The van der Waals surface area contributed by atoms with Crippen LogP contribution < -0.4 is 0 Å². The molecule has 0 saturated carbocycles. The lowest BCUT2D eigenvalue weighted by Gasteiger charge is -2.32. The number of hydrogen-bond acceptors (Lipinski definition) is 8. The summed E-state index contributed by atoms with van der Waals surface area (Å²) in [6, 6.07) is 7.26. The van der Waals surface area contributed by atoms with Gasteiger partial charge < -0.3 is 18.7 Å². The molecular formula is C18H18N4O4S. The number of ether oxygens (including phenoxy) is 1. The van der Waals surface area contributed by atoms with E-state index in [4.69, 9.17) is 13.6 Å². The van der Waals surface area contributed by atoms with Gasteiger partial charge in [-0.15, -0.1) is 5.10 Å². The van der Waals surface area contributed by atoms with E-state index in [9.17, 15) is 5.11 Å². The first-order valence-corrected chi connectivity index (χ1v) is 9.53. The fourth-order valence-electron chi connectivity index (χ4n) is 3.35. The predicted molar refractivity (Wildman–Crippen MR) is 97.9 cm³/mol. The minimum atomic E-state index is -0.205. The number of thiazole rings is 1. The molecule has 1 saturated heterocycles. The zero-order chi connectivity index (χ0) is 18.4. The molecule has 9 heteroatoms. The van der Waals surface area contributed by atoms with Crippen LogP contribution in [0.25, 0.3) is 16.5 Å². The number of aromatic hydroxyl groups is 1. The van der Waals surface area contributed by atoms with E-state index in [1.165, 1.54) is 15.9 Å². The summed E-state index contributed by atoms with van der Waals surface area (Å²) >= 11 is 1.40. The number of morpholine rings is 1. The highest BCUT2D eigenvalue weighted by Crippen LogP contribution is 2.41. The standard InChI is InChI=1S/C18H18N4O4S/c1-11-4-5-12(26-11)14(21-6-9-24-10-7-21)15-17(23)22-18(27-15)19-16(20-22)13-3-2-8-25-13/h2-5,8,14,23H,6-7,9-10H2,1H3. The summed E-state index contributed by atoms with van der Waals surface area (Å²) in [4.78, 5) is 8.12. The van der Waals surface area contributed by atoms with Gasteiger partial charge in [0.05, 0.1) is 24.4 Å². The van der Waals surface area contributed by atoms with Gasteiger partial charge in [0, 0.05) is 13.1 Å². The first kappa shape index (κ1) is 16.5. The molecule has 27 heavy (non-hydrogen) atoms. The van der Waals surface area contributed by atoms with Gasteiger partial charge >= 0.3 is 0 Å². The van der Waals surface area contributed by atoms with Crippen LogP contribution >= 0.6 is 11.3 Å². The molecule has 4 aromatic rings. The van der Waals surface area contributed by atoms with E-state index in [-0.39, 0.29) is 11.9 Å². The number of aryl methyl sites for hydroxylation is 1. The molecule has 0 amide bonds.